The van der Waals surface area contributed by atoms with Gasteiger partial charge in [0.1, 0.15) is 11.0 Å². The quantitative estimate of drug-likeness (QED) is 0.776. The summed E-state index contributed by atoms with van der Waals surface area (Å²) >= 11 is 0. The Morgan fingerprint density at radius 1 is 1.33 bits per heavy atom. The van der Waals surface area contributed by atoms with Crippen molar-refractivity contribution in [2.75, 3.05) is 13.7 Å². The number of carbonyl (C=O) groups excluding carboxylic acids is 1. The number of ketones is 1. The molecule has 6 heteroatoms. The summed E-state index contributed by atoms with van der Waals surface area (Å²) in [7, 11) is -2.02. The van der Waals surface area contributed by atoms with E-state index < -0.39 is 26.1 Å². The Kier molecular flexibility index (Phi) is 4.68. The molecule has 1 aromatic carbocycles. The molecule has 0 aliphatic carbocycles. The molecule has 5 nitrogen and oxygen atoms in total. The molecule has 1 fully saturated rings. The van der Waals surface area contributed by atoms with Crippen LogP contribution in [0.15, 0.2) is 24.3 Å². The van der Waals surface area contributed by atoms with Crippen molar-refractivity contribution in [1.29, 1.82) is 0 Å². The van der Waals surface area contributed by atoms with Gasteiger partial charge in [0.15, 0.2) is 15.6 Å². The predicted molar refractivity (Wildman–Crippen MR) is 79.5 cm³/mol. The average molecular weight is 312 g/mol. The van der Waals surface area contributed by atoms with E-state index in [1.54, 1.807) is 31.2 Å². The minimum absolute atomic E-state index is 0.360. The molecule has 0 aromatic heterocycles. The van der Waals surface area contributed by atoms with Crippen LogP contribution >= 0.6 is 0 Å². The summed E-state index contributed by atoms with van der Waals surface area (Å²) in [5.74, 6) is 0.233. The summed E-state index contributed by atoms with van der Waals surface area (Å²) in [6.45, 7) is 3.61. The maximum absolute atomic E-state index is 12.6. The lowest BCUT2D eigenvalue weighted by Gasteiger charge is -2.19. The second kappa shape index (κ2) is 6.15. The van der Waals surface area contributed by atoms with Crippen molar-refractivity contribution in [3.8, 4) is 5.75 Å². The van der Waals surface area contributed by atoms with Gasteiger partial charge in [-0.05, 0) is 44.5 Å². The third kappa shape index (κ3) is 3.11. The maximum Gasteiger partial charge on any atom is 0.180 e. The van der Waals surface area contributed by atoms with Gasteiger partial charge in [-0.15, -0.1) is 0 Å². The number of rotatable bonds is 5. The van der Waals surface area contributed by atoms with Gasteiger partial charge in [0.25, 0.3) is 0 Å². The van der Waals surface area contributed by atoms with Crippen molar-refractivity contribution in [1.82, 2.24) is 0 Å². The van der Waals surface area contributed by atoms with Crippen LogP contribution in [0, 0.1) is 0 Å². The molecule has 3 unspecified atom stereocenters. The summed E-state index contributed by atoms with van der Waals surface area (Å²) in [6, 6.07) is 6.46. The first kappa shape index (κ1) is 16.0. The second-order valence-corrected chi connectivity index (χ2v) is 7.72. The predicted octanol–water partition coefficient (Wildman–Crippen LogP) is 1.86. The topological polar surface area (TPSA) is 69.7 Å². The first-order valence-electron chi connectivity index (χ1n) is 6.90. The summed E-state index contributed by atoms with van der Waals surface area (Å²) < 4.78 is 35.4. The first-order chi connectivity index (χ1) is 9.87. The van der Waals surface area contributed by atoms with Crippen LogP contribution in [0.5, 0.6) is 5.75 Å². The van der Waals surface area contributed by atoms with Gasteiger partial charge >= 0.3 is 0 Å². The van der Waals surface area contributed by atoms with Crippen molar-refractivity contribution in [2.45, 2.75) is 36.9 Å². The largest absolute Gasteiger partial charge is 0.497 e. The van der Waals surface area contributed by atoms with E-state index in [9.17, 15) is 13.2 Å². The second-order valence-electron chi connectivity index (χ2n) is 5.23. The summed E-state index contributed by atoms with van der Waals surface area (Å²) in [5, 5.41) is -1.67. The zero-order valence-electron chi connectivity index (χ0n) is 12.4. The molecule has 1 aliphatic rings. The van der Waals surface area contributed by atoms with Gasteiger partial charge in [0.2, 0.25) is 0 Å². The fourth-order valence-electron chi connectivity index (χ4n) is 2.54. The Morgan fingerprint density at radius 2 is 1.95 bits per heavy atom. The summed E-state index contributed by atoms with van der Waals surface area (Å²) in [5.41, 5.74) is 0.374. The smallest absolute Gasteiger partial charge is 0.180 e. The fraction of sp³-hybridized carbons (Fsp3) is 0.533. The third-order valence-electron chi connectivity index (χ3n) is 3.97. The minimum atomic E-state index is -3.56. The van der Waals surface area contributed by atoms with Gasteiger partial charge in [-0.1, -0.05) is 0 Å². The van der Waals surface area contributed by atoms with Gasteiger partial charge in [-0.2, -0.15) is 0 Å². The van der Waals surface area contributed by atoms with Crippen LogP contribution in [-0.2, 0) is 14.6 Å². The highest BCUT2D eigenvalue weighted by Crippen LogP contribution is 2.26. The normalized spacial score (nSPS) is 23.8. The van der Waals surface area contributed by atoms with Crippen LogP contribution < -0.4 is 4.74 Å². The van der Waals surface area contributed by atoms with Crippen LogP contribution in [0.2, 0.25) is 0 Å². The molecule has 1 saturated heterocycles. The SMILES string of the molecule is COc1ccc(C(=O)C(C)S(=O)(=O)C2CCOC2C)cc1. The highest BCUT2D eigenvalue weighted by atomic mass is 32.2. The molecule has 0 amide bonds. The number of methoxy groups -OCH3 is 1. The van der Waals surface area contributed by atoms with E-state index >= 15 is 0 Å². The van der Waals surface area contributed by atoms with E-state index in [2.05, 4.69) is 0 Å². The van der Waals surface area contributed by atoms with E-state index in [1.807, 2.05) is 0 Å². The number of carbonyl (C=O) groups is 1. The molecule has 1 aromatic rings. The molecule has 2 rings (SSSR count). The summed E-state index contributed by atoms with van der Waals surface area (Å²) in [6.07, 6.45) is 0.0881. The Hall–Kier alpha value is -1.40. The van der Waals surface area contributed by atoms with Gasteiger partial charge in [-0.25, -0.2) is 8.42 Å². The van der Waals surface area contributed by atoms with Crippen molar-refractivity contribution >= 4 is 15.6 Å². The Balaban J connectivity index is 2.21. The zero-order valence-corrected chi connectivity index (χ0v) is 13.2. The number of Topliss-reactive ketones (excluding diaryl/α,β-unsaturated/α-hetero) is 1. The Bertz CT molecular complexity index is 605. The molecule has 1 heterocycles. The zero-order chi connectivity index (χ0) is 15.6. The van der Waals surface area contributed by atoms with Crippen molar-refractivity contribution in [2.24, 2.45) is 0 Å². The highest BCUT2D eigenvalue weighted by molar-refractivity contribution is 7.93. The molecule has 0 bridgehead atoms. The first-order valence-corrected chi connectivity index (χ1v) is 8.51. The maximum atomic E-state index is 12.6. The van der Waals surface area contributed by atoms with Gasteiger partial charge < -0.3 is 9.47 Å². The molecule has 0 radical (unpaired) electrons. The number of benzene rings is 1. The van der Waals surface area contributed by atoms with E-state index in [1.165, 1.54) is 14.0 Å². The van der Waals surface area contributed by atoms with Gasteiger partial charge in [-0.3, -0.25) is 4.79 Å². The Morgan fingerprint density at radius 3 is 2.43 bits per heavy atom. The molecule has 0 saturated carbocycles. The van der Waals surface area contributed by atoms with E-state index in [-0.39, 0.29) is 6.10 Å². The third-order valence-corrected chi connectivity index (χ3v) is 6.63. The fourth-order valence-corrected chi connectivity index (χ4v) is 4.54. The molecule has 0 N–H and O–H groups in total. The molecule has 1 aliphatic heterocycles. The average Bonchev–Trinajstić information content (AvgIpc) is 2.92. The van der Waals surface area contributed by atoms with E-state index in [0.717, 1.165) is 0 Å². The molecule has 116 valence electrons. The van der Waals surface area contributed by atoms with Crippen molar-refractivity contribution in [3.05, 3.63) is 29.8 Å². The standard InChI is InChI=1S/C15H20O5S/c1-10-14(8-9-20-10)21(17,18)11(2)15(16)12-4-6-13(19-3)7-5-12/h4-7,10-11,14H,8-9H2,1-3H3. The molecule has 3 atom stereocenters. The Labute approximate surface area is 125 Å². The lowest BCUT2D eigenvalue weighted by Crippen LogP contribution is -2.39. The molecular weight excluding hydrogens is 292 g/mol. The molecule has 0 spiro atoms. The van der Waals surface area contributed by atoms with Crippen LogP contribution in [-0.4, -0.2) is 44.5 Å². The van der Waals surface area contributed by atoms with E-state index in [0.29, 0.717) is 24.3 Å². The van der Waals surface area contributed by atoms with Crippen molar-refractivity contribution in [3.63, 3.8) is 0 Å². The monoisotopic (exact) mass is 312 g/mol. The molecular formula is C15H20O5S. The van der Waals surface area contributed by atoms with Gasteiger partial charge in [0.05, 0.1) is 18.5 Å². The highest BCUT2D eigenvalue weighted by Gasteiger charge is 2.41. The lowest BCUT2D eigenvalue weighted by atomic mass is 10.1. The summed E-state index contributed by atoms with van der Waals surface area (Å²) in [4.78, 5) is 12.4. The van der Waals surface area contributed by atoms with Crippen LogP contribution in [0.3, 0.4) is 0 Å². The molecule has 21 heavy (non-hydrogen) atoms. The van der Waals surface area contributed by atoms with Crippen molar-refractivity contribution < 1.29 is 22.7 Å². The minimum Gasteiger partial charge on any atom is -0.497 e. The van der Waals surface area contributed by atoms with Gasteiger partial charge in [0, 0.05) is 12.2 Å². The van der Waals surface area contributed by atoms with Crippen LogP contribution in [0.1, 0.15) is 30.6 Å². The van der Waals surface area contributed by atoms with E-state index in [4.69, 9.17) is 9.47 Å². The number of hydrogen-bond donors (Lipinski definition) is 0. The number of hydrogen-bond acceptors (Lipinski definition) is 5. The lowest BCUT2D eigenvalue weighted by molar-refractivity contribution is 0.0990. The number of sulfone groups is 1. The number of ether oxygens (including phenoxy) is 2. The van der Waals surface area contributed by atoms with Crippen LogP contribution in [0.25, 0.3) is 0 Å². The van der Waals surface area contributed by atoms with Crippen LogP contribution in [0.4, 0.5) is 0 Å².